The van der Waals surface area contributed by atoms with Gasteiger partial charge in [-0.15, -0.1) is 0 Å². The number of ether oxygens (including phenoxy) is 1. The third-order valence-corrected chi connectivity index (χ3v) is 5.63. The monoisotopic (exact) mass is 460 g/mol. The van der Waals surface area contributed by atoms with Crippen LogP contribution in [0.2, 0.25) is 5.02 Å². The minimum atomic E-state index is -0.863. The van der Waals surface area contributed by atoms with Gasteiger partial charge >= 0.3 is 6.09 Å². The molecule has 1 aromatic heterocycles. The Morgan fingerprint density at radius 1 is 1.52 bits per heavy atom. The lowest BCUT2D eigenvalue weighted by atomic mass is 10.1. The third kappa shape index (κ3) is 4.17. The number of rotatable bonds is 6. The van der Waals surface area contributed by atoms with Gasteiger partial charge in [0.2, 0.25) is 5.95 Å². The Hall–Kier alpha value is -1.91. The number of hydrogen-bond donors (Lipinski definition) is 2. The number of benzene rings is 1. The van der Waals surface area contributed by atoms with Crippen molar-refractivity contribution in [2.45, 2.75) is 6.04 Å². The lowest BCUT2D eigenvalue weighted by Gasteiger charge is -2.42. The van der Waals surface area contributed by atoms with Crippen LogP contribution in [0.4, 0.5) is 21.0 Å². The smallest absolute Gasteiger partial charge is 0.404 e. The molecule has 0 atom stereocenters. The van der Waals surface area contributed by atoms with Gasteiger partial charge in [0.15, 0.2) is 5.82 Å². The predicted octanol–water partition coefficient (Wildman–Crippen LogP) is 2.44. The van der Waals surface area contributed by atoms with Gasteiger partial charge in [-0.2, -0.15) is 4.98 Å². The zero-order chi connectivity index (χ0) is 19.7. The molecule has 1 amide bonds. The van der Waals surface area contributed by atoms with Crippen molar-refractivity contribution >= 4 is 56.3 Å². The van der Waals surface area contributed by atoms with E-state index in [1.807, 2.05) is 19.0 Å². The Morgan fingerprint density at radius 3 is 2.85 bits per heavy atom. The van der Waals surface area contributed by atoms with Crippen LogP contribution < -0.4 is 16.0 Å². The summed E-state index contributed by atoms with van der Waals surface area (Å²) in [5.74, 6) is 0.277. The zero-order valence-electron chi connectivity index (χ0n) is 14.8. The molecule has 0 saturated carbocycles. The SMILES string of the molecule is CN(C)C1CN(c2nc(NCCOC(N)=O)c3cc(Cl)c(Br)c(F)c3n2)C1. The summed E-state index contributed by atoms with van der Waals surface area (Å²) in [4.78, 5) is 23.7. The van der Waals surface area contributed by atoms with E-state index in [0.717, 1.165) is 13.1 Å². The van der Waals surface area contributed by atoms with Crippen LogP contribution >= 0.6 is 27.5 Å². The van der Waals surface area contributed by atoms with Crippen LogP contribution in [-0.2, 0) is 4.74 Å². The molecule has 1 aliphatic rings. The summed E-state index contributed by atoms with van der Waals surface area (Å²) in [5.41, 5.74) is 5.10. The maximum Gasteiger partial charge on any atom is 0.404 e. The average Bonchev–Trinajstić information content (AvgIpc) is 2.55. The summed E-state index contributed by atoms with van der Waals surface area (Å²) < 4.78 is 19.6. The molecule has 3 rings (SSSR count). The van der Waals surface area contributed by atoms with E-state index in [1.54, 1.807) is 6.07 Å². The lowest BCUT2D eigenvalue weighted by Crippen LogP contribution is -2.58. The standard InChI is InChI=1S/C16H19BrClFN6O2/c1-24(2)8-6-25(7-8)16-22-13-9(5-10(18)11(17)12(13)19)14(23-16)21-3-4-27-15(20)26/h5,8H,3-4,6-7H2,1-2H3,(H2,20,26)(H,21,22,23). The van der Waals surface area contributed by atoms with E-state index in [0.29, 0.717) is 23.2 Å². The Bertz CT molecular complexity index is 878. The fourth-order valence-corrected chi connectivity index (χ4v) is 3.20. The highest BCUT2D eigenvalue weighted by atomic mass is 79.9. The topological polar surface area (TPSA) is 96.6 Å². The van der Waals surface area contributed by atoms with Gasteiger partial charge in [0.25, 0.3) is 0 Å². The number of anilines is 2. The molecule has 0 aliphatic carbocycles. The minimum absolute atomic E-state index is 0.0509. The Labute approximate surface area is 168 Å². The van der Waals surface area contributed by atoms with Gasteiger partial charge in [0.05, 0.1) is 16.0 Å². The van der Waals surface area contributed by atoms with Crippen LogP contribution in [0, 0.1) is 5.82 Å². The molecule has 11 heteroatoms. The second-order valence-electron chi connectivity index (χ2n) is 6.37. The molecular weight excluding hydrogens is 443 g/mol. The molecule has 0 radical (unpaired) electrons. The number of hydrogen-bond acceptors (Lipinski definition) is 7. The molecule has 2 aromatic rings. The first kappa shape index (κ1) is 19.8. The van der Waals surface area contributed by atoms with Gasteiger partial charge in [-0.25, -0.2) is 14.2 Å². The quantitative estimate of drug-likeness (QED) is 0.504. The third-order valence-electron chi connectivity index (χ3n) is 4.33. The van der Waals surface area contributed by atoms with Crippen LogP contribution in [0.15, 0.2) is 10.5 Å². The van der Waals surface area contributed by atoms with Crippen LogP contribution in [-0.4, -0.2) is 67.3 Å². The summed E-state index contributed by atoms with van der Waals surface area (Å²) in [5, 5.41) is 3.68. The molecular formula is C16H19BrClFN6O2. The number of halogens is 3. The largest absolute Gasteiger partial charge is 0.448 e. The molecule has 1 aliphatic heterocycles. The van der Waals surface area contributed by atoms with E-state index < -0.39 is 11.9 Å². The highest BCUT2D eigenvalue weighted by Crippen LogP contribution is 2.35. The molecule has 8 nitrogen and oxygen atoms in total. The molecule has 2 heterocycles. The van der Waals surface area contributed by atoms with E-state index in [1.165, 1.54) is 0 Å². The number of carbonyl (C=O) groups is 1. The number of nitrogens with one attached hydrogen (secondary N) is 1. The lowest BCUT2D eigenvalue weighted by molar-refractivity contribution is 0.161. The number of fused-ring (bicyclic) bond motifs is 1. The number of amides is 1. The molecule has 1 aromatic carbocycles. The van der Waals surface area contributed by atoms with Gasteiger partial charge in [-0.05, 0) is 36.1 Å². The Balaban J connectivity index is 1.93. The number of nitrogens with two attached hydrogens (primary N) is 1. The van der Waals surface area contributed by atoms with Crippen molar-refractivity contribution in [1.82, 2.24) is 14.9 Å². The maximum atomic E-state index is 14.7. The molecule has 0 bridgehead atoms. The maximum absolute atomic E-state index is 14.7. The fraction of sp³-hybridized carbons (Fsp3) is 0.438. The van der Waals surface area contributed by atoms with E-state index in [9.17, 15) is 9.18 Å². The van der Waals surface area contributed by atoms with Gasteiger partial charge in [-0.3, -0.25) is 0 Å². The van der Waals surface area contributed by atoms with Crippen molar-refractivity contribution in [3.8, 4) is 0 Å². The number of nitrogens with zero attached hydrogens (tertiary/aromatic N) is 4. The number of likely N-dealkylation sites (N-methyl/N-ethyl adjacent to an activating group) is 1. The number of carbonyl (C=O) groups excluding carboxylic acids is 1. The van der Waals surface area contributed by atoms with E-state index >= 15 is 0 Å². The highest BCUT2D eigenvalue weighted by molar-refractivity contribution is 9.10. The Kier molecular flexibility index (Phi) is 5.87. The molecule has 146 valence electrons. The van der Waals surface area contributed by atoms with Gasteiger partial charge in [-0.1, -0.05) is 11.6 Å². The number of aromatic nitrogens is 2. The second-order valence-corrected chi connectivity index (χ2v) is 7.57. The summed E-state index contributed by atoms with van der Waals surface area (Å²) in [6, 6.07) is 1.98. The van der Waals surface area contributed by atoms with Crippen molar-refractivity contribution < 1.29 is 13.9 Å². The zero-order valence-corrected chi connectivity index (χ0v) is 17.1. The van der Waals surface area contributed by atoms with Crippen molar-refractivity contribution in [2.24, 2.45) is 5.73 Å². The first-order valence-corrected chi connectivity index (χ1v) is 9.37. The molecule has 0 unspecified atom stereocenters. The molecule has 1 saturated heterocycles. The Morgan fingerprint density at radius 2 is 2.22 bits per heavy atom. The first-order chi connectivity index (χ1) is 12.8. The molecule has 1 fully saturated rings. The first-order valence-electron chi connectivity index (χ1n) is 8.20. The van der Waals surface area contributed by atoms with E-state index in [4.69, 9.17) is 22.1 Å². The van der Waals surface area contributed by atoms with Crippen LogP contribution in [0.1, 0.15) is 0 Å². The van der Waals surface area contributed by atoms with Crippen molar-refractivity contribution in [2.75, 3.05) is 50.6 Å². The van der Waals surface area contributed by atoms with Crippen molar-refractivity contribution in [1.29, 1.82) is 0 Å². The van der Waals surface area contributed by atoms with Gasteiger partial charge in [0, 0.05) is 24.5 Å². The predicted molar refractivity (Wildman–Crippen MR) is 106 cm³/mol. The van der Waals surface area contributed by atoms with Crippen LogP contribution in [0.3, 0.4) is 0 Å². The summed E-state index contributed by atoms with van der Waals surface area (Å²) in [7, 11) is 4.02. The molecule has 3 N–H and O–H groups in total. The van der Waals surface area contributed by atoms with E-state index in [2.05, 4.69) is 36.1 Å². The van der Waals surface area contributed by atoms with Crippen molar-refractivity contribution in [3.63, 3.8) is 0 Å². The van der Waals surface area contributed by atoms with Crippen LogP contribution in [0.5, 0.6) is 0 Å². The van der Waals surface area contributed by atoms with E-state index in [-0.39, 0.29) is 28.2 Å². The number of primary amides is 1. The van der Waals surface area contributed by atoms with Crippen LogP contribution in [0.25, 0.3) is 10.9 Å². The minimum Gasteiger partial charge on any atom is -0.448 e. The summed E-state index contributed by atoms with van der Waals surface area (Å²) in [6.45, 7) is 1.80. The van der Waals surface area contributed by atoms with Crippen molar-refractivity contribution in [3.05, 3.63) is 21.4 Å². The molecule has 0 spiro atoms. The van der Waals surface area contributed by atoms with Gasteiger partial charge in [0.1, 0.15) is 17.9 Å². The summed E-state index contributed by atoms with van der Waals surface area (Å²) in [6.07, 6.45) is -0.863. The fourth-order valence-electron chi connectivity index (χ4n) is 2.70. The van der Waals surface area contributed by atoms with Gasteiger partial charge < -0.3 is 25.6 Å². The average molecular weight is 462 g/mol. The highest BCUT2D eigenvalue weighted by Gasteiger charge is 2.31. The summed E-state index contributed by atoms with van der Waals surface area (Å²) >= 11 is 9.24. The molecule has 27 heavy (non-hydrogen) atoms. The normalized spacial score (nSPS) is 14.5. The second kappa shape index (κ2) is 7.99.